The van der Waals surface area contributed by atoms with Crippen LogP contribution in [0.15, 0.2) is 59.5 Å². The number of hydrogen-bond donors (Lipinski definition) is 0. The van der Waals surface area contributed by atoms with Crippen LogP contribution >= 0.6 is 0 Å². The quantitative estimate of drug-likeness (QED) is 0.838. The summed E-state index contributed by atoms with van der Waals surface area (Å²) in [5.74, 6) is 0.340. The van der Waals surface area contributed by atoms with Crippen LogP contribution in [0, 0.1) is 0 Å². The number of benzene rings is 2. The molecular weight excluding hydrogens is 306 g/mol. The standard InChI is InChI=1S/C19H21NO2S/c21-23(22,16-9-2-1-3-10-16)20-14-15-8-4-5-11-17(15)18-12-6-7-13-19(18)20/h1-5,8-11,18-19H,6-7,12-14H2/t18-,19+/m1/s1. The monoisotopic (exact) mass is 327 g/mol. The van der Waals surface area contributed by atoms with Crippen molar-refractivity contribution in [3.8, 4) is 0 Å². The first kappa shape index (κ1) is 14.9. The van der Waals surface area contributed by atoms with Crippen molar-refractivity contribution in [2.45, 2.75) is 49.1 Å². The van der Waals surface area contributed by atoms with Crippen molar-refractivity contribution in [3.05, 3.63) is 65.7 Å². The Kier molecular flexibility index (Phi) is 3.74. The Bertz CT molecular complexity index is 801. The topological polar surface area (TPSA) is 37.4 Å². The molecular formula is C19H21NO2S. The van der Waals surface area contributed by atoms with E-state index >= 15 is 0 Å². The van der Waals surface area contributed by atoms with Gasteiger partial charge < -0.3 is 0 Å². The van der Waals surface area contributed by atoms with Crippen molar-refractivity contribution < 1.29 is 8.42 Å². The summed E-state index contributed by atoms with van der Waals surface area (Å²) >= 11 is 0. The van der Waals surface area contributed by atoms with Crippen molar-refractivity contribution in [3.63, 3.8) is 0 Å². The highest BCUT2D eigenvalue weighted by molar-refractivity contribution is 7.89. The molecule has 0 aromatic heterocycles. The number of sulfonamides is 1. The van der Waals surface area contributed by atoms with Crippen LogP contribution in [0.2, 0.25) is 0 Å². The first-order valence-electron chi connectivity index (χ1n) is 8.32. The van der Waals surface area contributed by atoms with Gasteiger partial charge in [-0.25, -0.2) is 8.42 Å². The number of hydrogen-bond acceptors (Lipinski definition) is 2. The molecule has 23 heavy (non-hydrogen) atoms. The number of nitrogens with zero attached hydrogens (tertiary/aromatic N) is 1. The second-order valence-electron chi connectivity index (χ2n) is 6.52. The van der Waals surface area contributed by atoms with E-state index in [-0.39, 0.29) is 6.04 Å². The molecule has 4 heteroatoms. The first-order chi connectivity index (χ1) is 11.2. The van der Waals surface area contributed by atoms with Gasteiger partial charge in [-0.2, -0.15) is 4.31 Å². The van der Waals surface area contributed by atoms with Gasteiger partial charge in [-0.15, -0.1) is 0 Å². The van der Waals surface area contributed by atoms with Crippen molar-refractivity contribution in [1.82, 2.24) is 4.31 Å². The molecule has 0 spiro atoms. The van der Waals surface area contributed by atoms with Gasteiger partial charge >= 0.3 is 0 Å². The van der Waals surface area contributed by atoms with E-state index in [1.165, 1.54) is 12.0 Å². The zero-order valence-corrected chi connectivity index (χ0v) is 13.9. The van der Waals surface area contributed by atoms with Gasteiger partial charge in [0.05, 0.1) is 4.90 Å². The third-order valence-corrected chi connectivity index (χ3v) is 7.12. The average Bonchev–Trinajstić information content (AvgIpc) is 2.62. The number of rotatable bonds is 2. The van der Waals surface area contributed by atoms with Crippen LogP contribution in [0.5, 0.6) is 0 Å². The molecule has 2 atom stereocenters. The Morgan fingerprint density at radius 3 is 2.39 bits per heavy atom. The van der Waals surface area contributed by atoms with E-state index < -0.39 is 10.0 Å². The highest BCUT2D eigenvalue weighted by atomic mass is 32.2. The zero-order valence-electron chi connectivity index (χ0n) is 13.1. The Morgan fingerprint density at radius 2 is 1.57 bits per heavy atom. The van der Waals surface area contributed by atoms with E-state index in [9.17, 15) is 8.42 Å². The first-order valence-corrected chi connectivity index (χ1v) is 9.76. The smallest absolute Gasteiger partial charge is 0.207 e. The van der Waals surface area contributed by atoms with Gasteiger partial charge in [0, 0.05) is 18.5 Å². The van der Waals surface area contributed by atoms with E-state index in [0.29, 0.717) is 17.4 Å². The highest BCUT2D eigenvalue weighted by Gasteiger charge is 2.42. The van der Waals surface area contributed by atoms with Crippen molar-refractivity contribution in [2.75, 3.05) is 0 Å². The summed E-state index contributed by atoms with van der Waals surface area (Å²) in [6.07, 6.45) is 4.35. The molecule has 1 aliphatic heterocycles. The maximum Gasteiger partial charge on any atom is 0.243 e. The molecule has 2 aliphatic rings. The number of fused-ring (bicyclic) bond motifs is 3. The molecule has 0 radical (unpaired) electrons. The van der Waals surface area contributed by atoms with Gasteiger partial charge in [-0.05, 0) is 36.1 Å². The third-order valence-electron chi connectivity index (χ3n) is 5.23. The predicted molar refractivity (Wildman–Crippen MR) is 90.6 cm³/mol. The van der Waals surface area contributed by atoms with Gasteiger partial charge in [0.25, 0.3) is 0 Å². The Balaban J connectivity index is 1.80. The summed E-state index contributed by atoms with van der Waals surface area (Å²) in [5.41, 5.74) is 2.52. The maximum absolute atomic E-state index is 13.2. The van der Waals surface area contributed by atoms with Crippen molar-refractivity contribution >= 4 is 10.0 Å². The van der Waals surface area contributed by atoms with Crippen molar-refractivity contribution in [2.24, 2.45) is 0 Å². The summed E-state index contributed by atoms with van der Waals surface area (Å²) in [6, 6.07) is 17.3. The fraction of sp³-hybridized carbons (Fsp3) is 0.368. The Labute approximate surface area is 138 Å². The minimum atomic E-state index is -3.44. The van der Waals surface area contributed by atoms with E-state index in [2.05, 4.69) is 18.2 Å². The summed E-state index contributed by atoms with van der Waals surface area (Å²) < 4.78 is 28.1. The molecule has 120 valence electrons. The van der Waals surface area contributed by atoms with E-state index in [4.69, 9.17) is 0 Å². The molecule has 2 aromatic carbocycles. The summed E-state index contributed by atoms with van der Waals surface area (Å²) in [5, 5.41) is 0. The lowest BCUT2D eigenvalue weighted by Crippen LogP contribution is -2.47. The molecule has 4 rings (SSSR count). The molecule has 0 saturated heterocycles. The molecule has 2 aromatic rings. The lowest BCUT2D eigenvalue weighted by atomic mass is 9.76. The van der Waals surface area contributed by atoms with Gasteiger partial charge in [0.2, 0.25) is 10.0 Å². The minimum Gasteiger partial charge on any atom is -0.207 e. The molecule has 0 N–H and O–H groups in total. The summed E-state index contributed by atoms with van der Waals surface area (Å²) in [4.78, 5) is 0.406. The third kappa shape index (κ3) is 2.50. The van der Waals surface area contributed by atoms with Crippen LogP contribution in [-0.2, 0) is 16.6 Å². The van der Waals surface area contributed by atoms with Gasteiger partial charge in [-0.3, -0.25) is 0 Å². The fourth-order valence-corrected chi connectivity index (χ4v) is 5.82. The van der Waals surface area contributed by atoms with Crippen LogP contribution < -0.4 is 0 Å². The fourth-order valence-electron chi connectivity index (χ4n) is 4.13. The summed E-state index contributed by atoms with van der Waals surface area (Å²) in [6.45, 7) is 0.495. The Hall–Kier alpha value is -1.65. The molecule has 0 amide bonds. The molecule has 1 fully saturated rings. The molecule has 3 nitrogen and oxygen atoms in total. The zero-order chi connectivity index (χ0) is 15.9. The largest absolute Gasteiger partial charge is 0.243 e. The van der Waals surface area contributed by atoms with Gasteiger partial charge in [0.1, 0.15) is 0 Å². The second-order valence-corrected chi connectivity index (χ2v) is 8.41. The maximum atomic E-state index is 13.2. The molecule has 1 saturated carbocycles. The normalized spacial score (nSPS) is 24.7. The van der Waals surface area contributed by atoms with E-state index in [1.54, 1.807) is 28.6 Å². The van der Waals surface area contributed by atoms with Gasteiger partial charge in [0.15, 0.2) is 0 Å². The molecule has 0 bridgehead atoms. The highest BCUT2D eigenvalue weighted by Crippen LogP contribution is 2.43. The average molecular weight is 327 g/mol. The van der Waals surface area contributed by atoms with E-state index in [1.807, 2.05) is 12.1 Å². The lowest BCUT2D eigenvalue weighted by Gasteiger charge is -2.44. The van der Waals surface area contributed by atoms with Crippen LogP contribution in [0.25, 0.3) is 0 Å². The summed E-state index contributed by atoms with van der Waals surface area (Å²) in [7, 11) is -3.44. The van der Waals surface area contributed by atoms with Gasteiger partial charge in [-0.1, -0.05) is 55.3 Å². The lowest BCUT2D eigenvalue weighted by molar-refractivity contribution is 0.200. The molecule has 0 unspecified atom stereocenters. The van der Waals surface area contributed by atoms with Crippen LogP contribution in [0.3, 0.4) is 0 Å². The Morgan fingerprint density at radius 1 is 0.870 bits per heavy atom. The second kappa shape index (κ2) is 5.77. The van der Waals surface area contributed by atoms with Crippen LogP contribution in [-0.4, -0.2) is 18.8 Å². The van der Waals surface area contributed by atoms with Crippen LogP contribution in [0.1, 0.15) is 42.7 Å². The van der Waals surface area contributed by atoms with Crippen molar-refractivity contribution in [1.29, 1.82) is 0 Å². The molecule has 1 aliphatic carbocycles. The SMILES string of the molecule is O=S(=O)(c1ccccc1)N1Cc2ccccc2[C@H]2CCCC[C@@H]21. The van der Waals surface area contributed by atoms with Crippen LogP contribution in [0.4, 0.5) is 0 Å². The van der Waals surface area contributed by atoms with E-state index in [0.717, 1.165) is 24.8 Å². The molecule has 1 heterocycles. The minimum absolute atomic E-state index is 0.101. The predicted octanol–water partition coefficient (Wildman–Crippen LogP) is 3.92.